The zero-order valence-corrected chi connectivity index (χ0v) is 14.7. The van der Waals surface area contributed by atoms with Gasteiger partial charge in [-0.25, -0.2) is 5.43 Å². The van der Waals surface area contributed by atoms with Crippen molar-refractivity contribution in [2.45, 2.75) is 57.3 Å². The van der Waals surface area contributed by atoms with E-state index >= 15 is 0 Å². The Kier molecular flexibility index (Phi) is 6.20. The first-order valence-electron chi connectivity index (χ1n) is 9.38. The minimum Gasteiger partial charge on any atom is -0.355 e. The van der Waals surface area contributed by atoms with Crippen LogP contribution in [-0.4, -0.2) is 24.1 Å². The number of rotatable bonds is 7. The highest BCUT2D eigenvalue weighted by molar-refractivity contribution is 5.94. The van der Waals surface area contributed by atoms with Gasteiger partial charge in [-0.1, -0.05) is 43.2 Å². The molecule has 1 fully saturated rings. The summed E-state index contributed by atoms with van der Waals surface area (Å²) in [6, 6.07) is 10.5. The highest BCUT2D eigenvalue weighted by atomic mass is 16.2. The molecule has 3 rings (SSSR count). The topological polar surface area (TPSA) is 70.6 Å². The van der Waals surface area contributed by atoms with Crippen LogP contribution in [-0.2, 0) is 9.59 Å². The number of carbonyl (C=O) groups is 2. The molecule has 1 aromatic rings. The molecule has 1 aromatic carbocycles. The third kappa shape index (κ3) is 5.15. The normalized spacial score (nSPS) is 19.2. The van der Waals surface area contributed by atoms with Gasteiger partial charge in [0.25, 0.3) is 0 Å². The molecule has 1 atom stereocenters. The van der Waals surface area contributed by atoms with E-state index in [-0.39, 0.29) is 11.8 Å². The average Bonchev–Trinajstić information content (AvgIpc) is 3.17. The predicted octanol–water partition coefficient (Wildman–Crippen LogP) is 3.12. The van der Waals surface area contributed by atoms with Gasteiger partial charge in [0.05, 0.1) is 0 Å². The molecule has 0 saturated heterocycles. The summed E-state index contributed by atoms with van der Waals surface area (Å²) in [4.78, 5) is 23.3. The van der Waals surface area contributed by atoms with Crippen LogP contribution in [0, 0.1) is 5.92 Å². The van der Waals surface area contributed by atoms with Gasteiger partial charge in [-0.3, -0.25) is 9.59 Å². The Labute approximate surface area is 149 Å². The third-order valence-electron chi connectivity index (χ3n) is 5.34. The summed E-state index contributed by atoms with van der Waals surface area (Å²) in [5.41, 5.74) is 4.72. The zero-order chi connectivity index (χ0) is 17.5. The molecule has 2 N–H and O–H groups in total. The van der Waals surface area contributed by atoms with Gasteiger partial charge in [0, 0.05) is 31.0 Å². The van der Waals surface area contributed by atoms with Crippen LogP contribution in [0.5, 0.6) is 0 Å². The van der Waals surface area contributed by atoms with Gasteiger partial charge in [-0.05, 0) is 37.2 Å². The first-order chi connectivity index (χ1) is 12.2. The fourth-order valence-electron chi connectivity index (χ4n) is 3.88. The van der Waals surface area contributed by atoms with E-state index in [4.69, 9.17) is 0 Å². The second kappa shape index (κ2) is 8.79. The molecule has 0 bridgehead atoms. The van der Waals surface area contributed by atoms with Crippen LogP contribution in [0.3, 0.4) is 0 Å². The van der Waals surface area contributed by atoms with Gasteiger partial charge in [0.1, 0.15) is 0 Å². The lowest BCUT2D eigenvalue weighted by Gasteiger charge is -2.24. The molecule has 1 unspecified atom stereocenters. The Bertz CT molecular complexity index is 621. The lowest BCUT2D eigenvalue weighted by molar-refractivity contribution is -0.121. The monoisotopic (exact) mass is 341 g/mol. The fourth-order valence-corrected chi connectivity index (χ4v) is 3.88. The van der Waals surface area contributed by atoms with E-state index in [0.717, 1.165) is 5.71 Å². The molecule has 2 aliphatic rings. The van der Waals surface area contributed by atoms with E-state index in [1.54, 1.807) is 0 Å². The Balaban J connectivity index is 1.50. The number of amides is 2. The number of benzene rings is 1. The van der Waals surface area contributed by atoms with Crippen LogP contribution in [0.25, 0.3) is 0 Å². The molecule has 1 aliphatic heterocycles. The van der Waals surface area contributed by atoms with E-state index in [1.165, 1.54) is 31.2 Å². The molecule has 5 nitrogen and oxygen atoms in total. The smallest absolute Gasteiger partial charge is 0.240 e. The van der Waals surface area contributed by atoms with E-state index in [9.17, 15) is 9.59 Å². The van der Waals surface area contributed by atoms with Crippen molar-refractivity contribution < 1.29 is 9.59 Å². The van der Waals surface area contributed by atoms with E-state index in [2.05, 4.69) is 40.1 Å². The van der Waals surface area contributed by atoms with Crippen molar-refractivity contribution >= 4 is 17.5 Å². The Morgan fingerprint density at radius 3 is 2.64 bits per heavy atom. The van der Waals surface area contributed by atoms with Crippen LogP contribution in [0.4, 0.5) is 0 Å². The number of hydrogen-bond donors (Lipinski definition) is 2. The molecule has 1 heterocycles. The molecule has 1 aliphatic carbocycles. The predicted molar refractivity (Wildman–Crippen MR) is 98.2 cm³/mol. The second-order valence-electron chi connectivity index (χ2n) is 7.08. The minimum atomic E-state index is -0.0459. The maximum atomic E-state index is 12.2. The highest BCUT2D eigenvalue weighted by Crippen LogP contribution is 2.36. The first kappa shape index (κ1) is 17.6. The van der Waals surface area contributed by atoms with Gasteiger partial charge in [-0.15, -0.1) is 0 Å². The van der Waals surface area contributed by atoms with Crippen LogP contribution < -0.4 is 10.7 Å². The number of nitrogens with zero attached hydrogens (tertiary/aromatic N) is 1. The third-order valence-corrected chi connectivity index (χ3v) is 5.34. The van der Waals surface area contributed by atoms with Gasteiger partial charge < -0.3 is 5.32 Å². The lowest BCUT2D eigenvalue weighted by atomic mass is 9.85. The number of carbonyl (C=O) groups excluding carboxylic acids is 2. The molecule has 5 heteroatoms. The van der Waals surface area contributed by atoms with E-state index in [1.807, 2.05) is 6.07 Å². The summed E-state index contributed by atoms with van der Waals surface area (Å²) in [6.07, 6.45) is 7.29. The van der Waals surface area contributed by atoms with Crippen molar-refractivity contribution in [3.63, 3.8) is 0 Å². The maximum absolute atomic E-state index is 12.2. The molecule has 0 spiro atoms. The standard InChI is InChI=1S/C20H27N3O2/c24-19(12-10-17-11-13-20(25)23-22-17)21-14-18(16-8-4-5-9-16)15-6-2-1-3-7-15/h1-3,6-7,16,18H,4-5,8-14H2,(H,21,24)(H,23,25). The SMILES string of the molecule is O=C(CCC1=NNC(=O)CC1)NCC(c1ccccc1)C1CCCC1. The zero-order valence-electron chi connectivity index (χ0n) is 14.7. The Morgan fingerprint density at radius 1 is 1.20 bits per heavy atom. The first-order valence-corrected chi connectivity index (χ1v) is 9.38. The summed E-state index contributed by atoms with van der Waals surface area (Å²) >= 11 is 0. The molecule has 2 amide bonds. The summed E-state index contributed by atoms with van der Waals surface area (Å²) in [6.45, 7) is 0.705. The van der Waals surface area contributed by atoms with Crippen molar-refractivity contribution in [3.8, 4) is 0 Å². The summed E-state index contributed by atoms with van der Waals surface area (Å²) in [5, 5.41) is 7.15. The quantitative estimate of drug-likeness (QED) is 0.800. The Hall–Kier alpha value is -2.17. The number of hydrazone groups is 1. The lowest BCUT2D eigenvalue weighted by Crippen LogP contribution is -2.32. The minimum absolute atomic E-state index is 0.0459. The molecule has 134 valence electrons. The fraction of sp³-hybridized carbons (Fsp3) is 0.550. The highest BCUT2D eigenvalue weighted by Gasteiger charge is 2.26. The van der Waals surface area contributed by atoms with Crippen LogP contribution in [0.1, 0.15) is 62.8 Å². The van der Waals surface area contributed by atoms with Crippen molar-refractivity contribution in [2.75, 3.05) is 6.54 Å². The summed E-state index contributed by atoms with van der Waals surface area (Å²) < 4.78 is 0. The van der Waals surface area contributed by atoms with Crippen molar-refractivity contribution in [2.24, 2.45) is 11.0 Å². The van der Waals surface area contributed by atoms with Crippen molar-refractivity contribution in [1.82, 2.24) is 10.7 Å². The summed E-state index contributed by atoms with van der Waals surface area (Å²) in [5.74, 6) is 1.09. The largest absolute Gasteiger partial charge is 0.355 e. The second-order valence-corrected chi connectivity index (χ2v) is 7.08. The average molecular weight is 341 g/mol. The van der Waals surface area contributed by atoms with Crippen LogP contribution in [0.15, 0.2) is 35.4 Å². The molecule has 25 heavy (non-hydrogen) atoms. The van der Waals surface area contributed by atoms with Crippen LogP contribution >= 0.6 is 0 Å². The van der Waals surface area contributed by atoms with Gasteiger partial charge in [-0.2, -0.15) is 5.10 Å². The number of nitrogens with one attached hydrogen (secondary N) is 2. The van der Waals surface area contributed by atoms with Gasteiger partial charge in [0.2, 0.25) is 11.8 Å². The molecule has 0 radical (unpaired) electrons. The van der Waals surface area contributed by atoms with Crippen LogP contribution in [0.2, 0.25) is 0 Å². The molecular weight excluding hydrogens is 314 g/mol. The van der Waals surface area contributed by atoms with Gasteiger partial charge >= 0.3 is 0 Å². The molecule has 0 aromatic heterocycles. The van der Waals surface area contributed by atoms with Crippen molar-refractivity contribution in [1.29, 1.82) is 0 Å². The molecule has 1 saturated carbocycles. The van der Waals surface area contributed by atoms with E-state index in [0.29, 0.717) is 44.1 Å². The van der Waals surface area contributed by atoms with E-state index < -0.39 is 0 Å². The number of hydrogen-bond acceptors (Lipinski definition) is 3. The maximum Gasteiger partial charge on any atom is 0.240 e. The van der Waals surface area contributed by atoms with Crippen molar-refractivity contribution in [3.05, 3.63) is 35.9 Å². The summed E-state index contributed by atoms with van der Waals surface area (Å²) in [7, 11) is 0. The van der Waals surface area contributed by atoms with Gasteiger partial charge in [0.15, 0.2) is 0 Å². The Morgan fingerprint density at radius 2 is 1.96 bits per heavy atom. The molecular formula is C20H27N3O2.